The van der Waals surface area contributed by atoms with Gasteiger partial charge in [-0.3, -0.25) is 4.79 Å². The van der Waals surface area contributed by atoms with E-state index in [-0.39, 0.29) is 11.8 Å². The van der Waals surface area contributed by atoms with Gasteiger partial charge in [0.25, 0.3) is 0 Å². The van der Waals surface area contributed by atoms with E-state index in [1.807, 2.05) is 13.8 Å². The first kappa shape index (κ1) is 12.6. The van der Waals surface area contributed by atoms with Gasteiger partial charge in [0, 0.05) is 19.0 Å². The molecule has 2 bridgehead atoms. The average molecular weight is 236 g/mol. The summed E-state index contributed by atoms with van der Waals surface area (Å²) in [5.41, 5.74) is 0. The first-order valence-corrected chi connectivity index (χ1v) is 6.83. The molecule has 0 radical (unpaired) electrons. The Morgan fingerprint density at radius 1 is 1.29 bits per heavy atom. The maximum atomic E-state index is 11.3. The highest BCUT2D eigenvalue weighted by atomic mass is 16.1. The normalized spacial score (nSPS) is 30.2. The summed E-state index contributed by atoms with van der Waals surface area (Å²) in [7, 11) is 0. The summed E-state index contributed by atoms with van der Waals surface area (Å²) in [6, 6.07) is 0. The Balaban J connectivity index is 1.52. The quantitative estimate of drug-likeness (QED) is 0.543. The molecule has 3 atom stereocenters. The number of carbonyl (C=O) groups excluding carboxylic acids is 1. The van der Waals surface area contributed by atoms with Crippen LogP contribution in [0.1, 0.15) is 26.7 Å². The second-order valence-corrected chi connectivity index (χ2v) is 5.69. The molecule has 1 saturated carbocycles. The summed E-state index contributed by atoms with van der Waals surface area (Å²) in [4.78, 5) is 11.3. The standard InChI is InChI=1S/C14H24N2O/c1-10(2)14(17)16-6-5-15-9-13-8-11-3-4-12(13)7-11/h3-4,10-13,15H,5-9H2,1-2H3,(H,16,17). The maximum absolute atomic E-state index is 11.3. The molecule has 0 aliphatic heterocycles. The van der Waals surface area contributed by atoms with E-state index in [4.69, 9.17) is 0 Å². The van der Waals surface area contributed by atoms with Crippen LogP contribution in [0.3, 0.4) is 0 Å². The molecular formula is C14H24N2O. The number of amides is 1. The van der Waals surface area contributed by atoms with Gasteiger partial charge < -0.3 is 10.6 Å². The van der Waals surface area contributed by atoms with Gasteiger partial charge in [0.2, 0.25) is 5.91 Å². The van der Waals surface area contributed by atoms with Crippen molar-refractivity contribution < 1.29 is 4.79 Å². The molecule has 2 aliphatic rings. The fourth-order valence-electron chi connectivity index (χ4n) is 2.89. The van der Waals surface area contributed by atoms with Gasteiger partial charge in [-0.05, 0) is 37.1 Å². The van der Waals surface area contributed by atoms with Crippen molar-refractivity contribution in [2.75, 3.05) is 19.6 Å². The third-order valence-electron chi connectivity index (χ3n) is 3.95. The molecule has 0 aromatic rings. The van der Waals surface area contributed by atoms with E-state index in [0.29, 0.717) is 0 Å². The smallest absolute Gasteiger partial charge is 0.222 e. The lowest BCUT2D eigenvalue weighted by Crippen LogP contribution is -2.36. The molecule has 3 heteroatoms. The van der Waals surface area contributed by atoms with Crippen LogP contribution < -0.4 is 10.6 Å². The Kier molecular flexibility index (Phi) is 4.21. The van der Waals surface area contributed by atoms with Crippen molar-refractivity contribution >= 4 is 5.91 Å². The number of hydrogen-bond donors (Lipinski definition) is 2. The Bertz CT molecular complexity index is 299. The second-order valence-electron chi connectivity index (χ2n) is 5.69. The van der Waals surface area contributed by atoms with Crippen LogP contribution in [-0.4, -0.2) is 25.5 Å². The lowest BCUT2D eigenvalue weighted by Gasteiger charge is -2.18. The van der Waals surface area contributed by atoms with E-state index < -0.39 is 0 Å². The lowest BCUT2D eigenvalue weighted by molar-refractivity contribution is -0.123. The summed E-state index contributed by atoms with van der Waals surface area (Å²) in [5.74, 6) is 2.73. The number of rotatable bonds is 6. The predicted molar refractivity (Wildman–Crippen MR) is 69.6 cm³/mol. The van der Waals surface area contributed by atoms with E-state index in [0.717, 1.165) is 37.4 Å². The minimum atomic E-state index is 0.0886. The van der Waals surface area contributed by atoms with Crippen LogP contribution in [0.2, 0.25) is 0 Å². The third kappa shape index (κ3) is 3.32. The van der Waals surface area contributed by atoms with Crippen molar-refractivity contribution in [3.05, 3.63) is 12.2 Å². The minimum absolute atomic E-state index is 0.0886. The average Bonchev–Trinajstić information content (AvgIpc) is 2.90. The number of fused-ring (bicyclic) bond motifs is 2. The van der Waals surface area contributed by atoms with Crippen LogP contribution in [0.4, 0.5) is 0 Å². The van der Waals surface area contributed by atoms with Gasteiger partial charge in [0.15, 0.2) is 0 Å². The lowest BCUT2D eigenvalue weighted by atomic mass is 9.94. The van der Waals surface area contributed by atoms with E-state index >= 15 is 0 Å². The van der Waals surface area contributed by atoms with Gasteiger partial charge in [-0.25, -0.2) is 0 Å². The molecule has 17 heavy (non-hydrogen) atoms. The molecule has 1 amide bonds. The summed E-state index contributed by atoms with van der Waals surface area (Å²) in [6.07, 6.45) is 7.49. The molecule has 1 fully saturated rings. The van der Waals surface area contributed by atoms with Crippen LogP contribution >= 0.6 is 0 Å². The van der Waals surface area contributed by atoms with Gasteiger partial charge in [-0.15, -0.1) is 0 Å². The Labute approximate surface area is 104 Å². The van der Waals surface area contributed by atoms with Crippen molar-refractivity contribution in [1.82, 2.24) is 10.6 Å². The van der Waals surface area contributed by atoms with E-state index in [1.165, 1.54) is 12.8 Å². The van der Waals surface area contributed by atoms with Crippen molar-refractivity contribution in [3.8, 4) is 0 Å². The molecule has 2 rings (SSSR count). The zero-order valence-corrected chi connectivity index (χ0v) is 10.9. The molecule has 2 N–H and O–H groups in total. The molecule has 2 aliphatic carbocycles. The molecule has 0 heterocycles. The van der Waals surface area contributed by atoms with E-state index in [1.54, 1.807) is 0 Å². The van der Waals surface area contributed by atoms with Crippen LogP contribution in [0.25, 0.3) is 0 Å². The molecule has 0 aromatic carbocycles. The van der Waals surface area contributed by atoms with Gasteiger partial charge in [-0.2, -0.15) is 0 Å². The molecule has 0 spiro atoms. The SMILES string of the molecule is CC(C)C(=O)NCCNCC1CC2C=CC1C2. The number of carbonyl (C=O) groups is 1. The molecular weight excluding hydrogens is 212 g/mol. The maximum Gasteiger partial charge on any atom is 0.222 e. The van der Waals surface area contributed by atoms with Gasteiger partial charge in [0.05, 0.1) is 0 Å². The highest BCUT2D eigenvalue weighted by Gasteiger charge is 2.34. The number of hydrogen-bond acceptors (Lipinski definition) is 2. The highest BCUT2D eigenvalue weighted by molar-refractivity contribution is 5.77. The first-order chi connectivity index (χ1) is 8.16. The topological polar surface area (TPSA) is 41.1 Å². The van der Waals surface area contributed by atoms with Crippen LogP contribution in [0.15, 0.2) is 12.2 Å². The fraction of sp³-hybridized carbons (Fsp3) is 0.786. The van der Waals surface area contributed by atoms with E-state index in [9.17, 15) is 4.79 Å². The summed E-state index contributed by atoms with van der Waals surface area (Å²) >= 11 is 0. The summed E-state index contributed by atoms with van der Waals surface area (Å²) in [6.45, 7) is 6.57. The summed E-state index contributed by atoms with van der Waals surface area (Å²) in [5, 5.41) is 6.38. The van der Waals surface area contributed by atoms with Gasteiger partial charge >= 0.3 is 0 Å². The number of nitrogens with one attached hydrogen (secondary N) is 2. The van der Waals surface area contributed by atoms with Crippen molar-refractivity contribution in [2.45, 2.75) is 26.7 Å². The molecule has 0 aromatic heterocycles. The monoisotopic (exact) mass is 236 g/mol. The molecule has 96 valence electrons. The Morgan fingerprint density at radius 3 is 2.71 bits per heavy atom. The molecule has 3 unspecified atom stereocenters. The van der Waals surface area contributed by atoms with Crippen molar-refractivity contribution in [1.29, 1.82) is 0 Å². The van der Waals surface area contributed by atoms with Crippen LogP contribution in [-0.2, 0) is 4.79 Å². The zero-order valence-electron chi connectivity index (χ0n) is 10.9. The van der Waals surface area contributed by atoms with Gasteiger partial charge in [0.1, 0.15) is 0 Å². The zero-order chi connectivity index (χ0) is 12.3. The third-order valence-corrected chi connectivity index (χ3v) is 3.95. The minimum Gasteiger partial charge on any atom is -0.355 e. The fourth-order valence-corrected chi connectivity index (χ4v) is 2.89. The van der Waals surface area contributed by atoms with Crippen molar-refractivity contribution in [3.63, 3.8) is 0 Å². The Morgan fingerprint density at radius 2 is 2.12 bits per heavy atom. The number of allylic oxidation sites excluding steroid dienone is 2. The molecule has 3 nitrogen and oxygen atoms in total. The predicted octanol–water partition coefficient (Wildman–Crippen LogP) is 1.56. The van der Waals surface area contributed by atoms with Crippen LogP contribution in [0.5, 0.6) is 0 Å². The first-order valence-electron chi connectivity index (χ1n) is 6.83. The summed E-state index contributed by atoms with van der Waals surface area (Å²) < 4.78 is 0. The van der Waals surface area contributed by atoms with Crippen LogP contribution in [0, 0.1) is 23.7 Å². The molecule has 0 saturated heterocycles. The second kappa shape index (κ2) is 5.67. The highest BCUT2D eigenvalue weighted by Crippen LogP contribution is 2.42. The van der Waals surface area contributed by atoms with E-state index in [2.05, 4.69) is 22.8 Å². The Hall–Kier alpha value is -0.830. The van der Waals surface area contributed by atoms with Crippen molar-refractivity contribution in [2.24, 2.45) is 23.7 Å². The van der Waals surface area contributed by atoms with Gasteiger partial charge in [-0.1, -0.05) is 26.0 Å². The largest absolute Gasteiger partial charge is 0.355 e.